The molecule has 3 rings (SSSR count). The number of carbonyl (C=O) groups is 2. The maximum atomic E-state index is 12.3. The fraction of sp³-hybridized carbons (Fsp3) is 0.174. The van der Waals surface area contributed by atoms with Crippen molar-refractivity contribution in [1.82, 2.24) is 10.3 Å². The van der Waals surface area contributed by atoms with Gasteiger partial charge in [-0.1, -0.05) is 12.1 Å². The van der Waals surface area contributed by atoms with Gasteiger partial charge in [-0.15, -0.1) is 0 Å². The third kappa shape index (κ3) is 5.65. The van der Waals surface area contributed by atoms with E-state index >= 15 is 0 Å². The maximum Gasteiger partial charge on any atom is 0.252 e. The summed E-state index contributed by atoms with van der Waals surface area (Å²) >= 11 is 0. The minimum atomic E-state index is -0.164. The first-order chi connectivity index (χ1) is 14.0. The zero-order chi connectivity index (χ0) is 20.6. The molecule has 1 heterocycles. The molecular formula is C23H23N3O3. The van der Waals surface area contributed by atoms with Crippen LogP contribution in [0, 0.1) is 0 Å². The topological polar surface area (TPSA) is 80.3 Å². The molecule has 0 radical (unpaired) electrons. The Morgan fingerprint density at radius 3 is 2.21 bits per heavy atom. The molecule has 0 aliphatic heterocycles. The van der Waals surface area contributed by atoms with Crippen molar-refractivity contribution in [2.24, 2.45) is 0 Å². The fourth-order valence-corrected chi connectivity index (χ4v) is 2.75. The monoisotopic (exact) mass is 389 g/mol. The standard InChI is InChI=1S/C23H23N3O3/c1-16(27)18-5-8-20(9-6-18)26-22-12-7-19(15-25-22)23(28)24-14-13-17-3-10-21(29-2)11-4-17/h3-12,15H,13-14H2,1-2H3,(H,24,28)(H,25,26). The summed E-state index contributed by atoms with van der Waals surface area (Å²) in [5.41, 5.74) is 3.10. The second-order valence-electron chi connectivity index (χ2n) is 6.54. The number of hydrogen-bond donors (Lipinski definition) is 2. The van der Waals surface area contributed by atoms with E-state index in [0.29, 0.717) is 23.5 Å². The van der Waals surface area contributed by atoms with E-state index in [9.17, 15) is 9.59 Å². The highest BCUT2D eigenvalue weighted by atomic mass is 16.5. The van der Waals surface area contributed by atoms with Crippen molar-refractivity contribution in [2.45, 2.75) is 13.3 Å². The lowest BCUT2D eigenvalue weighted by Gasteiger charge is -2.08. The Balaban J connectivity index is 1.50. The van der Waals surface area contributed by atoms with Crippen LogP contribution in [0.5, 0.6) is 5.75 Å². The maximum absolute atomic E-state index is 12.3. The Kier molecular flexibility index (Phi) is 6.58. The third-order valence-corrected chi connectivity index (χ3v) is 4.45. The van der Waals surface area contributed by atoms with E-state index in [4.69, 9.17) is 4.74 Å². The number of ether oxygens (including phenoxy) is 1. The van der Waals surface area contributed by atoms with Crippen LogP contribution in [0.3, 0.4) is 0 Å². The number of ketones is 1. The van der Waals surface area contributed by atoms with Gasteiger partial charge in [-0.25, -0.2) is 4.98 Å². The van der Waals surface area contributed by atoms with Crippen LogP contribution in [0.2, 0.25) is 0 Å². The summed E-state index contributed by atoms with van der Waals surface area (Å²) in [7, 11) is 1.63. The summed E-state index contributed by atoms with van der Waals surface area (Å²) in [6, 6.07) is 18.4. The first kappa shape index (κ1) is 20.1. The number of nitrogens with zero attached hydrogens (tertiary/aromatic N) is 1. The van der Waals surface area contributed by atoms with Gasteiger partial charge in [0, 0.05) is 24.0 Å². The number of carbonyl (C=O) groups excluding carboxylic acids is 2. The molecule has 0 aliphatic rings. The zero-order valence-electron chi connectivity index (χ0n) is 16.4. The van der Waals surface area contributed by atoms with E-state index in [-0.39, 0.29) is 11.7 Å². The Morgan fingerprint density at radius 1 is 0.931 bits per heavy atom. The molecule has 0 fully saturated rings. The Morgan fingerprint density at radius 2 is 1.62 bits per heavy atom. The lowest BCUT2D eigenvalue weighted by atomic mass is 10.1. The molecule has 1 amide bonds. The van der Waals surface area contributed by atoms with Crippen LogP contribution in [-0.2, 0) is 6.42 Å². The smallest absolute Gasteiger partial charge is 0.252 e. The van der Waals surface area contributed by atoms with Crippen LogP contribution in [0.1, 0.15) is 33.2 Å². The Labute approximate surface area is 169 Å². The van der Waals surface area contributed by atoms with Crippen molar-refractivity contribution in [3.63, 3.8) is 0 Å². The fourth-order valence-electron chi connectivity index (χ4n) is 2.75. The van der Waals surface area contributed by atoms with E-state index in [1.165, 1.54) is 13.1 Å². The normalized spacial score (nSPS) is 10.3. The molecule has 0 aliphatic carbocycles. The van der Waals surface area contributed by atoms with Crippen LogP contribution in [0.15, 0.2) is 66.9 Å². The largest absolute Gasteiger partial charge is 0.497 e. The van der Waals surface area contributed by atoms with Crippen molar-refractivity contribution >= 4 is 23.2 Å². The lowest BCUT2D eigenvalue weighted by molar-refractivity contribution is 0.0952. The molecule has 6 heteroatoms. The van der Waals surface area contributed by atoms with Crippen LogP contribution in [-0.4, -0.2) is 30.3 Å². The number of pyridine rings is 1. The van der Waals surface area contributed by atoms with Crippen LogP contribution in [0.25, 0.3) is 0 Å². The number of hydrogen-bond acceptors (Lipinski definition) is 5. The molecule has 0 spiro atoms. The Hall–Kier alpha value is -3.67. The molecule has 2 aromatic carbocycles. The number of nitrogens with one attached hydrogen (secondary N) is 2. The van der Waals surface area contributed by atoms with Gasteiger partial charge in [0.15, 0.2) is 5.78 Å². The number of aromatic nitrogens is 1. The summed E-state index contributed by atoms with van der Waals surface area (Å²) < 4.78 is 5.14. The first-order valence-corrected chi connectivity index (χ1v) is 9.30. The van der Waals surface area contributed by atoms with E-state index in [1.54, 1.807) is 31.4 Å². The van der Waals surface area contributed by atoms with E-state index in [1.807, 2.05) is 36.4 Å². The van der Waals surface area contributed by atoms with Gasteiger partial charge in [0.25, 0.3) is 5.91 Å². The van der Waals surface area contributed by atoms with Crippen LogP contribution >= 0.6 is 0 Å². The average Bonchev–Trinajstić information content (AvgIpc) is 2.75. The predicted octanol–water partition coefficient (Wildman–Crippen LogP) is 4.01. The van der Waals surface area contributed by atoms with Gasteiger partial charge in [-0.05, 0) is 67.4 Å². The average molecular weight is 389 g/mol. The SMILES string of the molecule is COc1ccc(CCNC(=O)c2ccc(Nc3ccc(C(C)=O)cc3)nc2)cc1. The molecule has 29 heavy (non-hydrogen) atoms. The van der Waals surface area contributed by atoms with Crippen molar-refractivity contribution < 1.29 is 14.3 Å². The zero-order valence-corrected chi connectivity index (χ0v) is 16.4. The number of rotatable bonds is 8. The van der Waals surface area contributed by atoms with Gasteiger partial charge in [-0.3, -0.25) is 9.59 Å². The summed E-state index contributed by atoms with van der Waals surface area (Å²) in [6.07, 6.45) is 2.27. The predicted molar refractivity (Wildman–Crippen MR) is 113 cm³/mol. The number of anilines is 2. The minimum Gasteiger partial charge on any atom is -0.497 e. The molecule has 6 nitrogen and oxygen atoms in total. The highest BCUT2D eigenvalue weighted by Crippen LogP contribution is 2.16. The van der Waals surface area contributed by atoms with E-state index in [0.717, 1.165) is 23.4 Å². The molecule has 0 saturated heterocycles. The molecule has 2 N–H and O–H groups in total. The van der Waals surface area contributed by atoms with Gasteiger partial charge in [0.2, 0.25) is 0 Å². The highest BCUT2D eigenvalue weighted by Gasteiger charge is 2.06. The van der Waals surface area contributed by atoms with Crippen molar-refractivity contribution in [3.8, 4) is 5.75 Å². The summed E-state index contributed by atoms with van der Waals surface area (Å²) in [5.74, 6) is 1.29. The quantitative estimate of drug-likeness (QED) is 0.569. The third-order valence-electron chi connectivity index (χ3n) is 4.45. The lowest BCUT2D eigenvalue weighted by Crippen LogP contribution is -2.25. The molecule has 0 saturated carbocycles. The summed E-state index contributed by atoms with van der Waals surface area (Å²) in [6.45, 7) is 2.07. The first-order valence-electron chi connectivity index (χ1n) is 9.30. The van der Waals surface area contributed by atoms with Crippen LogP contribution < -0.4 is 15.4 Å². The second kappa shape index (κ2) is 9.50. The molecule has 148 valence electrons. The molecular weight excluding hydrogens is 366 g/mol. The van der Waals surface area contributed by atoms with Crippen molar-refractivity contribution in [1.29, 1.82) is 0 Å². The summed E-state index contributed by atoms with van der Waals surface area (Å²) in [5, 5.41) is 6.05. The van der Waals surface area contributed by atoms with Crippen molar-refractivity contribution in [3.05, 3.63) is 83.6 Å². The summed E-state index contributed by atoms with van der Waals surface area (Å²) in [4.78, 5) is 27.9. The van der Waals surface area contributed by atoms with Gasteiger partial charge >= 0.3 is 0 Å². The van der Waals surface area contributed by atoms with Gasteiger partial charge in [-0.2, -0.15) is 0 Å². The Bertz CT molecular complexity index is 966. The molecule has 0 bridgehead atoms. The van der Waals surface area contributed by atoms with Crippen LogP contribution in [0.4, 0.5) is 11.5 Å². The van der Waals surface area contributed by atoms with E-state index < -0.39 is 0 Å². The second-order valence-corrected chi connectivity index (χ2v) is 6.54. The van der Waals surface area contributed by atoms with Crippen molar-refractivity contribution in [2.75, 3.05) is 19.0 Å². The highest BCUT2D eigenvalue weighted by molar-refractivity contribution is 5.95. The number of Topliss-reactive ketones (excluding diaryl/α,β-unsaturated/α-hetero) is 1. The van der Waals surface area contributed by atoms with Gasteiger partial charge in [0.1, 0.15) is 11.6 Å². The number of amides is 1. The van der Waals surface area contributed by atoms with E-state index in [2.05, 4.69) is 15.6 Å². The minimum absolute atomic E-state index is 0.0250. The number of benzene rings is 2. The molecule has 3 aromatic rings. The molecule has 0 atom stereocenters. The van der Waals surface area contributed by atoms with Gasteiger partial charge in [0.05, 0.1) is 12.7 Å². The molecule has 1 aromatic heterocycles. The van der Waals surface area contributed by atoms with Gasteiger partial charge < -0.3 is 15.4 Å². The number of methoxy groups -OCH3 is 1. The molecule has 0 unspecified atom stereocenters.